The average Bonchev–Trinajstić information content (AvgIpc) is 2.75. The van der Waals surface area contributed by atoms with E-state index in [9.17, 15) is 9.18 Å². The molecule has 0 aromatic heterocycles. The lowest BCUT2D eigenvalue weighted by molar-refractivity contribution is -0.132. The van der Waals surface area contributed by atoms with Gasteiger partial charge in [-0.15, -0.1) is 0 Å². The van der Waals surface area contributed by atoms with Gasteiger partial charge in [0.25, 0.3) is 0 Å². The number of carbonyl (C=O) groups excluding carboxylic acids is 1. The Bertz CT molecular complexity index is 459. The molecule has 1 aliphatic heterocycles. The van der Waals surface area contributed by atoms with Crippen LogP contribution in [0.1, 0.15) is 25.7 Å². The minimum absolute atomic E-state index is 0.0772. The van der Waals surface area contributed by atoms with E-state index >= 15 is 0 Å². The molecule has 2 rings (SSSR count). The zero-order valence-corrected chi connectivity index (χ0v) is 12.5. The van der Waals surface area contributed by atoms with Gasteiger partial charge in [-0.2, -0.15) is 0 Å². The molecule has 0 radical (unpaired) electrons. The molecule has 1 fully saturated rings. The van der Waals surface area contributed by atoms with Crippen molar-refractivity contribution in [2.45, 2.75) is 31.7 Å². The SMILES string of the molecule is CN(CCOc1cccc(F)c1)C(=O)C1CCCCCN1. The minimum atomic E-state index is -0.320. The number of hydrogen-bond acceptors (Lipinski definition) is 3. The summed E-state index contributed by atoms with van der Waals surface area (Å²) in [4.78, 5) is 14.0. The van der Waals surface area contributed by atoms with E-state index in [0.29, 0.717) is 18.9 Å². The van der Waals surface area contributed by atoms with Crippen LogP contribution in [0.3, 0.4) is 0 Å². The maximum absolute atomic E-state index is 13.0. The molecule has 1 amide bonds. The van der Waals surface area contributed by atoms with Crippen molar-refractivity contribution in [2.75, 3.05) is 26.7 Å². The molecular formula is C16H23FN2O2. The third-order valence-corrected chi connectivity index (χ3v) is 3.73. The van der Waals surface area contributed by atoms with Crippen LogP contribution in [-0.4, -0.2) is 43.6 Å². The van der Waals surface area contributed by atoms with Crippen molar-refractivity contribution in [1.82, 2.24) is 10.2 Å². The summed E-state index contributed by atoms with van der Waals surface area (Å²) in [5.74, 6) is 0.280. The summed E-state index contributed by atoms with van der Waals surface area (Å²) in [5.41, 5.74) is 0. The van der Waals surface area contributed by atoms with Crippen molar-refractivity contribution in [3.63, 3.8) is 0 Å². The number of amides is 1. The van der Waals surface area contributed by atoms with Crippen molar-refractivity contribution < 1.29 is 13.9 Å². The zero-order valence-electron chi connectivity index (χ0n) is 12.5. The van der Waals surface area contributed by atoms with Crippen LogP contribution in [0.5, 0.6) is 5.75 Å². The van der Waals surface area contributed by atoms with E-state index < -0.39 is 0 Å². The summed E-state index contributed by atoms with van der Waals surface area (Å²) in [6.45, 7) is 1.76. The van der Waals surface area contributed by atoms with E-state index in [1.807, 2.05) is 0 Å². The van der Waals surface area contributed by atoms with Crippen LogP contribution in [0.15, 0.2) is 24.3 Å². The summed E-state index contributed by atoms with van der Waals surface area (Å²) in [6, 6.07) is 5.95. The van der Waals surface area contributed by atoms with Gasteiger partial charge in [0.1, 0.15) is 18.2 Å². The summed E-state index contributed by atoms with van der Waals surface area (Å²) < 4.78 is 18.5. The van der Waals surface area contributed by atoms with Gasteiger partial charge in [-0.3, -0.25) is 4.79 Å². The minimum Gasteiger partial charge on any atom is -0.492 e. The van der Waals surface area contributed by atoms with Gasteiger partial charge in [-0.25, -0.2) is 4.39 Å². The smallest absolute Gasteiger partial charge is 0.239 e. The highest BCUT2D eigenvalue weighted by Crippen LogP contribution is 2.12. The van der Waals surface area contributed by atoms with E-state index in [1.165, 1.54) is 18.6 Å². The number of likely N-dealkylation sites (N-methyl/N-ethyl adjacent to an activating group) is 1. The standard InChI is InChI=1S/C16H23FN2O2/c1-19(16(20)15-8-3-2-4-9-18-15)10-11-21-14-7-5-6-13(17)12-14/h5-7,12,15,18H,2-4,8-11H2,1H3. The van der Waals surface area contributed by atoms with Gasteiger partial charge in [0, 0.05) is 13.1 Å². The lowest BCUT2D eigenvalue weighted by atomic mass is 10.1. The third kappa shape index (κ3) is 5.01. The fraction of sp³-hybridized carbons (Fsp3) is 0.562. The molecule has 1 unspecified atom stereocenters. The van der Waals surface area contributed by atoms with Crippen LogP contribution < -0.4 is 10.1 Å². The van der Waals surface area contributed by atoms with Crippen molar-refractivity contribution >= 4 is 5.91 Å². The van der Waals surface area contributed by atoms with E-state index in [4.69, 9.17) is 4.74 Å². The molecule has 0 saturated carbocycles. The Hall–Kier alpha value is -1.62. The molecule has 0 spiro atoms. The number of benzene rings is 1. The number of rotatable bonds is 5. The van der Waals surface area contributed by atoms with Gasteiger partial charge in [0.05, 0.1) is 12.6 Å². The fourth-order valence-corrected chi connectivity index (χ4v) is 2.47. The molecule has 21 heavy (non-hydrogen) atoms. The molecule has 1 heterocycles. The van der Waals surface area contributed by atoms with Crippen molar-refractivity contribution in [2.24, 2.45) is 0 Å². The number of nitrogens with one attached hydrogen (secondary N) is 1. The van der Waals surface area contributed by atoms with E-state index in [2.05, 4.69) is 5.32 Å². The molecule has 1 N–H and O–H groups in total. The molecule has 1 aromatic rings. The summed E-state index contributed by atoms with van der Waals surface area (Å²) in [7, 11) is 1.78. The molecule has 116 valence electrons. The van der Waals surface area contributed by atoms with E-state index in [-0.39, 0.29) is 17.8 Å². The molecule has 1 saturated heterocycles. The predicted octanol–water partition coefficient (Wildman–Crippen LogP) is 2.20. The van der Waals surface area contributed by atoms with Crippen molar-refractivity contribution in [3.05, 3.63) is 30.1 Å². The van der Waals surface area contributed by atoms with Gasteiger partial charge in [-0.1, -0.05) is 18.9 Å². The normalized spacial score (nSPS) is 18.9. The molecule has 0 bridgehead atoms. The van der Waals surface area contributed by atoms with Crippen LogP contribution >= 0.6 is 0 Å². The van der Waals surface area contributed by atoms with Gasteiger partial charge in [-0.05, 0) is 31.5 Å². The van der Waals surface area contributed by atoms with Gasteiger partial charge in [0.2, 0.25) is 5.91 Å². The highest BCUT2D eigenvalue weighted by atomic mass is 19.1. The highest BCUT2D eigenvalue weighted by molar-refractivity contribution is 5.81. The van der Waals surface area contributed by atoms with Gasteiger partial charge >= 0.3 is 0 Å². The number of ether oxygens (including phenoxy) is 1. The number of hydrogen-bond donors (Lipinski definition) is 1. The van der Waals surface area contributed by atoms with Crippen LogP contribution in [0.2, 0.25) is 0 Å². The van der Waals surface area contributed by atoms with Crippen LogP contribution in [0, 0.1) is 5.82 Å². The van der Waals surface area contributed by atoms with Crippen LogP contribution in [0.25, 0.3) is 0 Å². The predicted molar refractivity (Wildman–Crippen MR) is 79.8 cm³/mol. The Kier molecular flexibility index (Phi) is 5.99. The van der Waals surface area contributed by atoms with Crippen molar-refractivity contribution in [1.29, 1.82) is 0 Å². The van der Waals surface area contributed by atoms with Crippen LogP contribution in [-0.2, 0) is 4.79 Å². The largest absolute Gasteiger partial charge is 0.492 e. The highest BCUT2D eigenvalue weighted by Gasteiger charge is 2.22. The molecule has 0 aliphatic carbocycles. The average molecular weight is 294 g/mol. The Morgan fingerprint density at radius 2 is 2.29 bits per heavy atom. The third-order valence-electron chi connectivity index (χ3n) is 3.73. The Labute approximate surface area is 125 Å². The first-order valence-corrected chi connectivity index (χ1v) is 7.53. The van der Waals surface area contributed by atoms with Crippen molar-refractivity contribution in [3.8, 4) is 5.75 Å². The lowest BCUT2D eigenvalue weighted by Gasteiger charge is -2.23. The monoisotopic (exact) mass is 294 g/mol. The Balaban J connectivity index is 1.75. The second-order valence-corrected chi connectivity index (χ2v) is 5.42. The second kappa shape index (κ2) is 7.98. The van der Waals surface area contributed by atoms with Gasteiger partial charge < -0.3 is 15.0 Å². The Morgan fingerprint density at radius 3 is 3.10 bits per heavy atom. The summed E-state index contributed by atoms with van der Waals surface area (Å²) >= 11 is 0. The quantitative estimate of drug-likeness (QED) is 0.905. The topological polar surface area (TPSA) is 41.6 Å². The first kappa shape index (κ1) is 15.8. The van der Waals surface area contributed by atoms with E-state index in [1.54, 1.807) is 24.1 Å². The first-order chi connectivity index (χ1) is 10.2. The number of carbonyl (C=O) groups is 1. The molecule has 1 aromatic carbocycles. The molecule has 5 heteroatoms. The molecule has 1 aliphatic rings. The summed E-state index contributed by atoms with van der Waals surface area (Å²) in [5, 5.41) is 3.30. The first-order valence-electron chi connectivity index (χ1n) is 7.53. The van der Waals surface area contributed by atoms with Gasteiger partial charge in [0.15, 0.2) is 0 Å². The fourth-order valence-electron chi connectivity index (χ4n) is 2.47. The molecular weight excluding hydrogens is 271 g/mol. The van der Waals surface area contributed by atoms with E-state index in [0.717, 1.165) is 25.8 Å². The lowest BCUT2D eigenvalue weighted by Crippen LogP contribution is -2.45. The second-order valence-electron chi connectivity index (χ2n) is 5.42. The number of halogens is 1. The maximum atomic E-state index is 13.0. The molecule has 1 atom stereocenters. The zero-order chi connectivity index (χ0) is 15.1. The Morgan fingerprint density at radius 1 is 1.43 bits per heavy atom. The maximum Gasteiger partial charge on any atom is 0.239 e. The number of nitrogens with zero attached hydrogens (tertiary/aromatic N) is 1. The molecule has 4 nitrogen and oxygen atoms in total. The summed E-state index contributed by atoms with van der Waals surface area (Å²) in [6.07, 6.45) is 4.31. The van der Waals surface area contributed by atoms with Crippen LogP contribution in [0.4, 0.5) is 4.39 Å².